The third-order valence-electron chi connectivity index (χ3n) is 4.40. The van der Waals surface area contributed by atoms with Crippen molar-refractivity contribution in [3.8, 4) is 5.75 Å². The number of anilines is 2. The molecule has 0 heterocycles. The second-order valence-corrected chi connectivity index (χ2v) is 9.19. The fourth-order valence-electron chi connectivity index (χ4n) is 2.83. The lowest BCUT2D eigenvalue weighted by Crippen LogP contribution is -2.38. The van der Waals surface area contributed by atoms with Crippen molar-refractivity contribution in [2.45, 2.75) is 9.79 Å². The van der Waals surface area contributed by atoms with Gasteiger partial charge in [0, 0.05) is 10.6 Å². The average molecular weight is 461 g/mol. The molecule has 3 aromatic rings. The largest absolute Gasteiger partial charge is 0.497 e. The molecule has 0 aliphatic rings. The molecule has 0 saturated carbocycles. The highest BCUT2D eigenvalue weighted by Crippen LogP contribution is 2.26. The van der Waals surface area contributed by atoms with Crippen LogP contribution in [-0.2, 0) is 14.8 Å². The lowest BCUT2D eigenvalue weighted by Gasteiger charge is -2.24. The zero-order valence-electron chi connectivity index (χ0n) is 16.9. The average Bonchev–Trinajstić information content (AvgIpc) is 2.78. The minimum atomic E-state index is -4.13. The van der Waals surface area contributed by atoms with Crippen molar-refractivity contribution in [3.63, 3.8) is 0 Å². The Bertz CT molecular complexity index is 1150. The van der Waals surface area contributed by atoms with Gasteiger partial charge in [-0.2, -0.15) is 0 Å². The first-order valence-electron chi connectivity index (χ1n) is 9.20. The number of hydrogen-bond donors (Lipinski definition) is 1. The van der Waals surface area contributed by atoms with Crippen LogP contribution in [0.4, 0.5) is 15.8 Å². The Morgan fingerprint density at radius 1 is 1.06 bits per heavy atom. The van der Waals surface area contributed by atoms with Crippen LogP contribution in [0.5, 0.6) is 5.75 Å². The molecule has 6 nitrogen and oxygen atoms in total. The van der Waals surface area contributed by atoms with Gasteiger partial charge in [0.2, 0.25) is 5.91 Å². The number of thioether (sulfide) groups is 1. The quantitative estimate of drug-likeness (QED) is 0.505. The van der Waals surface area contributed by atoms with E-state index >= 15 is 0 Å². The summed E-state index contributed by atoms with van der Waals surface area (Å²) in [5.74, 6) is -0.526. The maximum atomic E-state index is 13.3. The number of carbonyl (C=O) groups excluding carboxylic acids is 1. The lowest BCUT2D eigenvalue weighted by molar-refractivity contribution is -0.114. The number of ether oxygens (including phenoxy) is 1. The van der Waals surface area contributed by atoms with Crippen molar-refractivity contribution >= 4 is 39.1 Å². The Labute approximate surface area is 185 Å². The van der Waals surface area contributed by atoms with E-state index in [1.807, 2.05) is 12.3 Å². The molecule has 3 aromatic carbocycles. The summed E-state index contributed by atoms with van der Waals surface area (Å²) in [4.78, 5) is 13.6. The van der Waals surface area contributed by atoms with E-state index in [0.29, 0.717) is 11.4 Å². The number of sulfonamides is 1. The smallest absolute Gasteiger partial charge is 0.264 e. The van der Waals surface area contributed by atoms with E-state index in [1.54, 1.807) is 42.5 Å². The van der Waals surface area contributed by atoms with Gasteiger partial charge in [0.15, 0.2) is 0 Å². The fourth-order valence-corrected chi connectivity index (χ4v) is 4.71. The lowest BCUT2D eigenvalue weighted by atomic mass is 10.3. The Morgan fingerprint density at radius 3 is 2.35 bits per heavy atom. The first-order valence-corrected chi connectivity index (χ1v) is 11.9. The van der Waals surface area contributed by atoms with E-state index in [0.717, 1.165) is 21.3 Å². The van der Waals surface area contributed by atoms with Crippen molar-refractivity contribution in [1.29, 1.82) is 0 Å². The van der Waals surface area contributed by atoms with Crippen LogP contribution in [0, 0.1) is 5.82 Å². The summed E-state index contributed by atoms with van der Waals surface area (Å²) >= 11 is 1.53. The maximum absolute atomic E-state index is 13.3. The predicted molar refractivity (Wildman–Crippen MR) is 121 cm³/mol. The zero-order valence-corrected chi connectivity index (χ0v) is 18.5. The summed E-state index contributed by atoms with van der Waals surface area (Å²) in [7, 11) is -2.63. The summed E-state index contributed by atoms with van der Waals surface area (Å²) in [5, 5.41) is 2.73. The van der Waals surface area contributed by atoms with Gasteiger partial charge in [-0.05, 0) is 73.0 Å². The van der Waals surface area contributed by atoms with Crippen LogP contribution in [0.3, 0.4) is 0 Å². The Kier molecular flexibility index (Phi) is 7.19. The van der Waals surface area contributed by atoms with E-state index < -0.39 is 28.3 Å². The van der Waals surface area contributed by atoms with Gasteiger partial charge >= 0.3 is 0 Å². The molecule has 0 aliphatic carbocycles. The van der Waals surface area contributed by atoms with Crippen LogP contribution >= 0.6 is 11.8 Å². The van der Waals surface area contributed by atoms with E-state index in [1.165, 1.54) is 31.0 Å². The predicted octanol–water partition coefficient (Wildman–Crippen LogP) is 4.39. The van der Waals surface area contributed by atoms with Gasteiger partial charge in [0.05, 0.1) is 17.7 Å². The monoisotopic (exact) mass is 460 g/mol. The molecule has 0 radical (unpaired) electrons. The van der Waals surface area contributed by atoms with Gasteiger partial charge in [-0.1, -0.05) is 6.07 Å². The summed E-state index contributed by atoms with van der Waals surface area (Å²) < 4.78 is 46.0. The molecule has 0 bridgehead atoms. The van der Waals surface area contributed by atoms with E-state index in [2.05, 4.69) is 5.32 Å². The molecule has 31 heavy (non-hydrogen) atoms. The topological polar surface area (TPSA) is 75.7 Å². The Balaban J connectivity index is 1.93. The molecule has 0 atom stereocenters. The van der Waals surface area contributed by atoms with Gasteiger partial charge in [-0.3, -0.25) is 9.10 Å². The number of methoxy groups -OCH3 is 1. The molecule has 0 unspecified atom stereocenters. The fraction of sp³-hybridized carbons (Fsp3) is 0.136. The summed E-state index contributed by atoms with van der Waals surface area (Å²) in [6.07, 6.45) is 1.92. The molecule has 1 N–H and O–H groups in total. The number of benzene rings is 3. The van der Waals surface area contributed by atoms with Crippen LogP contribution in [0.15, 0.2) is 82.6 Å². The van der Waals surface area contributed by atoms with Gasteiger partial charge in [-0.15, -0.1) is 11.8 Å². The number of nitrogens with one attached hydrogen (secondary N) is 1. The highest BCUT2D eigenvalue weighted by molar-refractivity contribution is 7.98. The van der Waals surface area contributed by atoms with Crippen molar-refractivity contribution in [2.24, 2.45) is 0 Å². The normalized spacial score (nSPS) is 11.1. The van der Waals surface area contributed by atoms with E-state index in [-0.39, 0.29) is 10.6 Å². The van der Waals surface area contributed by atoms with Crippen molar-refractivity contribution in [3.05, 3.63) is 78.6 Å². The van der Waals surface area contributed by atoms with Crippen molar-refractivity contribution in [2.75, 3.05) is 29.5 Å². The minimum Gasteiger partial charge on any atom is -0.497 e. The highest BCUT2D eigenvalue weighted by Gasteiger charge is 2.27. The standard InChI is InChI=1S/C22H21FN2O4S2/c1-29-19-10-8-18(9-11-19)25(31(27,28)21-12-6-16(23)7-13-21)15-22(26)24-17-4-3-5-20(14-17)30-2/h3-14H,15H2,1-2H3,(H,24,26). The molecular formula is C22H21FN2O4S2. The SMILES string of the molecule is COc1ccc(N(CC(=O)Nc2cccc(SC)c2)S(=O)(=O)c2ccc(F)cc2)cc1. The number of halogens is 1. The maximum Gasteiger partial charge on any atom is 0.264 e. The van der Waals surface area contributed by atoms with E-state index in [9.17, 15) is 17.6 Å². The number of nitrogens with zero attached hydrogens (tertiary/aromatic N) is 1. The second kappa shape index (κ2) is 9.84. The highest BCUT2D eigenvalue weighted by atomic mass is 32.2. The molecular weight excluding hydrogens is 439 g/mol. The first kappa shape index (κ1) is 22.6. The zero-order chi connectivity index (χ0) is 22.4. The number of amides is 1. The minimum absolute atomic E-state index is 0.123. The van der Waals surface area contributed by atoms with Crippen LogP contribution in [0.25, 0.3) is 0 Å². The number of rotatable bonds is 8. The molecule has 0 aliphatic heterocycles. The number of carbonyl (C=O) groups is 1. The summed E-state index contributed by atoms with van der Waals surface area (Å²) in [5.41, 5.74) is 0.837. The molecule has 9 heteroatoms. The molecule has 0 aromatic heterocycles. The summed E-state index contributed by atoms with van der Waals surface area (Å²) in [6.45, 7) is -0.463. The third kappa shape index (κ3) is 5.56. The number of hydrogen-bond acceptors (Lipinski definition) is 5. The van der Waals surface area contributed by atoms with Gasteiger partial charge in [0.25, 0.3) is 10.0 Å². The van der Waals surface area contributed by atoms with Crippen LogP contribution in [0.2, 0.25) is 0 Å². The molecule has 162 valence electrons. The molecule has 0 fully saturated rings. The van der Waals surface area contributed by atoms with Crippen molar-refractivity contribution < 1.29 is 22.3 Å². The van der Waals surface area contributed by atoms with Crippen LogP contribution < -0.4 is 14.4 Å². The first-order chi connectivity index (χ1) is 14.8. The van der Waals surface area contributed by atoms with Gasteiger partial charge < -0.3 is 10.1 Å². The van der Waals surface area contributed by atoms with Crippen LogP contribution in [0.1, 0.15) is 0 Å². The molecule has 0 saturated heterocycles. The molecule has 1 amide bonds. The Hall–Kier alpha value is -3.04. The van der Waals surface area contributed by atoms with Gasteiger partial charge in [-0.25, -0.2) is 12.8 Å². The summed E-state index contributed by atoms with van der Waals surface area (Å²) in [6, 6.07) is 18.0. The second-order valence-electron chi connectivity index (χ2n) is 6.44. The molecule has 0 spiro atoms. The van der Waals surface area contributed by atoms with Gasteiger partial charge in [0.1, 0.15) is 18.1 Å². The van der Waals surface area contributed by atoms with Crippen LogP contribution in [-0.4, -0.2) is 34.2 Å². The Morgan fingerprint density at radius 2 is 1.74 bits per heavy atom. The third-order valence-corrected chi connectivity index (χ3v) is 6.92. The van der Waals surface area contributed by atoms with Crippen molar-refractivity contribution in [1.82, 2.24) is 0 Å². The van der Waals surface area contributed by atoms with E-state index in [4.69, 9.17) is 4.74 Å². The molecule has 3 rings (SSSR count).